The van der Waals surface area contributed by atoms with Gasteiger partial charge in [-0.3, -0.25) is 4.79 Å². The van der Waals surface area contributed by atoms with Gasteiger partial charge in [0.05, 0.1) is 31.0 Å². The standard InChI is InChI=1S/C15H27NO6S/c1-20-15(17)12-5-6-14(10-12)23(18,19)16-7-3-8-21-11-13-4-2-9-22-13/h12-14,16H,2-11H2,1H3/t12-,13?,14+/m1/s1. The number of methoxy groups -OCH3 is 1. The van der Waals surface area contributed by atoms with Gasteiger partial charge in [0.1, 0.15) is 0 Å². The van der Waals surface area contributed by atoms with E-state index in [9.17, 15) is 13.2 Å². The van der Waals surface area contributed by atoms with Gasteiger partial charge in [0, 0.05) is 19.8 Å². The third-order valence-corrected chi connectivity index (χ3v) is 6.37. The minimum Gasteiger partial charge on any atom is -0.469 e. The van der Waals surface area contributed by atoms with E-state index in [1.165, 1.54) is 7.11 Å². The molecule has 2 aliphatic rings. The Balaban J connectivity index is 1.59. The molecule has 8 heteroatoms. The van der Waals surface area contributed by atoms with E-state index >= 15 is 0 Å². The molecule has 1 unspecified atom stereocenters. The molecule has 1 saturated carbocycles. The summed E-state index contributed by atoms with van der Waals surface area (Å²) in [6, 6.07) is 0. The number of ether oxygens (including phenoxy) is 3. The molecular formula is C15H27NO6S. The molecule has 0 aromatic heterocycles. The van der Waals surface area contributed by atoms with Crippen LogP contribution in [0.15, 0.2) is 0 Å². The first-order chi connectivity index (χ1) is 11.0. The monoisotopic (exact) mass is 349 g/mol. The van der Waals surface area contributed by atoms with E-state index < -0.39 is 15.3 Å². The quantitative estimate of drug-likeness (QED) is 0.490. The average molecular weight is 349 g/mol. The molecule has 7 nitrogen and oxygen atoms in total. The van der Waals surface area contributed by atoms with Crippen molar-refractivity contribution in [2.24, 2.45) is 5.92 Å². The number of hydrogen-bond donors (Lipinski definition) is 1. The van der Waals surface area contributed by atoms with E-state index in [1.807, 2.05) is 0 Å². The Labute approximate surface area is 138 Å². The van der Waals surface area contributed by atoms with Crippen molar-refractivity contribution in [1.29, 1.82) is 0 Å². The minimum atomic E-state index is -3.38. The normalized spacial score (nSPS) is 28.1. The van der Waals surface area contributed by atoms with Crippen LogP contribution in [0.2, 0.25) is 0 Å². The zero-order valence-corrected chi connectivity index (χ0v) is 14.5. The summed E-state index contributed by atoms with van der Waals surface area (Å²) < 4.78 is 42.7. The van der Waals surface area contributed by atoms with Gasteiger partial charge >= 0.3 is 5.97 Å². The number of nitrogens with one attached hydrogen (secondary N) is 1. The van der Waals surface area contributed by atoms with Crippen LogP contribution in [0, 0.1) is 5.92 Å². The smallest absolute Gasteiger partial charge is 0.308 e. The van der Waals surface area contributed by atoms with Gasteiger partial charge in [-0.15, -0.1) is 0 Å². The Hall–Kier alpha value is -0.700. The summed E-state index contributed by atoms with van der Waals surface area (Å²) in [5, 5.41) is -0.501. The van der Waals surface area contributed by atoms with Crippen LogP contribution in [0.3, 0.4) is 0 Å². The summed E-state index contributed by atoms with van der Waals surface area (Å²) in [5.74, 6) is -0.610. The molecule has 0 spiro atoms. The summed E-state index contributed by atoms with van der Waals surface area (Å²) in [6.45, 7) is 2.25. The van der Waals surface area contributed by atoms with E-state index in [0.29, 0.717) is 45.4 Å². The van der Waals surface area contributed by atoms with Crippen LogP contribution in [0.4, 0.5) is 0 Å². The topological polar surface area (TPSA) is 90.9 Å². The summed E-state index contributed by atoms with van der Waals surface area (Å²) in [7, 11) is -2.04. The molecule has 0 radical (unpaired) electrons. The Kier molecular flexibility index (Phi) is 7.26. The molecule has 3 atom stereocenters. The zero-order chi connectivity index (χ0) is 16.7. The molecular weight excluding hydrogens is 322 g/mol. The molecule has 2 fully saturated rings. The average Bonchev–Trinajstić information content (AvgIpc) is 3.21. The van der Waals surface area contributed by atoms with Crippen LogP contribution in [-0.2, 0) is 29.0 Å². The van der Waals surface area contributed by atoms with Crippen LogP contribution in [-0.4, -0.2) is 59.2 Å². The largest absolute Gasteiger partial charge is 0.469 e. The lowest BCUT2D eigenvalue weighted by molar-refractivity contribution is -0.145. The van der Waals surface area contributed by atoms with E-state index in [2.05, 4.69) is 9.46 Å². The second kappa shape index (κ2) is 8.96. The first kappa shape index (κ1) is 18.6. The molecule has 134 valence electrons. The lowest BCUT2D eigenvalue weighted by Crippen LogP contribution is -2.34. The highest BCUT2D eigenvalue weighted by Crippen LogP contribution is 2.30. The third-order valence-electron chi connectivity index (χ3n) is 4.45. The lowest BCUT2D eigenvalue weighted by Gasteiger charge is -2.13. The van der Waals surface area contributed by atoms with Crippen LogP contribution >= 0.6 is 0 Å². The lowest BCUT2D eigenvalue weighted by atomic mass is 10.1. The summed E-state index contributed by atoms with van der Waals surface area (Å²) in [5.41, 5.74) is 0. The molecule has 0 amide bonds. The van der Waals surface area contributed by atoms with E-state index in [0.717, 1.165) is 19.4 Å². The minimum absolute atomic E-state index is 0.195. The molecule has 0 aromatic rings. The van der Waals surface area contributed by atoms with Crippen molar-refractivity contribution in [3.05, 3.63) is 0 Å². The fraction of sp³-hybridized carbons (Fsp3) is 0.933. The first-order valence-electron chi connectivity index (χ1n) is 8.28. The molecule has 2 rings (SSSR count). The first-order valence-corrected chi connectivity index (χ1v) is 9.83. The van der Waals surface area contributed by atoms with Crippen molar-refractivity contribution >= 4 is 16.0 Å². The van der Waals surface area contributed by atoms with Crippen LogP contribution in [0.25, 0.3) is 0 Å². The Morgan fingerprint density at radius 3 is 2.83 bits per heavy atom. The van der Waals surface area contributed by atoms with Crippen molar-refractivity contribution in [3.8, 4) is 0 Å². The predicted molar refractivity (Wildman–Crippen MR) is 84.5 cm³/mol. The summed E-state index contributed by atoms with van der Waals surface area (Å²) in [4.78, 5) is 11.5. The summed E-state index contributed by atoms with van der Waals surface area (Å²) >= 11 is 0. The Bertz CT molecular complexity index is 474. The van der Waals surface area contributed by atoms with Gasteiger partial charge in [0.2, 0.25) is 10.0 Å². The number of hydrogen-bond acceptors (Lipinski definition) is 6. The van der Waals surface area contributed by atoms with E-state index in [4.69, 9.17) is 9.47 Å². The highest BCUT2D eigenvalue weighted by atomic mass is 32.2. The molecule has 1 N–H and O–H groups in total. The number of carbonyl (C=O) groups excluding carboxylic acids is 1. The molecule has 0 aromatic carbocycles. The van der Waals surface area contributed by atoms with Crippen molar-refractivity contribution in [2.45, 2.75) is 49.9 Å². The molecule has 23 heavy (non-hydrogen) atoms. The van der Waals surface area contributed by atoms with Gasteiger partial charge in [-0.1, -0.05) is 0 Å². The van der Waals surface area contributed by atoms with Gasteiger partial charge in [0.15, 0.2) is 0 Å². The Morgan fingerprint density at radius 1 is 1.30 bits per heavy atom. The van der Waals surface area contributed by atoms with Crippen LogP contribution < -0.4 is 4.72 Å². The van der Waals surface area contributed by atoms with Gasteiger partial charge in [-0.2, -0.15) is 0 Å². The highest BCUT2D eigenvalue weighted by Gasteiger charge is 2.37. The van der Waals surface area contributed by atoms with E-state index in [1.54, 1.807) is 0 Å². The molecule has 1 aliphatic heterocycles. The SMILES string of the molecule is COC(=O)[C@@H]1CC[C@H](S(=O)(=O)NCCCOCC2CCCO2)C1. The molecule has 1 heterocycles. The second-order valence-corrected chi connectivity index (χ2v) is 8.20. The van der Waals surface area contributed by atoms with Gasteiger partial charge in [-0.25, -0.2) is 13.1 Å². The fourth-order valence-electron chi connectivity index (χ4n) is 3.10. The zero-order valence-electron chi connectivity index (χ0n) is 13.7. The van der Waals surface area contributed by atoms with Gasteiger partial charge < -0.3 is 14.2 Å². The number of esters is 1. The maximum Gasteiger partial charge on any atom is 0.308 e. The third kappa shape index (κ3) is 5.70. The number of carbonyl (C=O) groups is 1. The number of sulfonamides is 1. The van der Waals surface area contributed by atoms with Crippen LogP contribution in [0.5, 0.6) is 0 Å². The Morgan fingerprint density at radius 2 is 2.13 bits per heavy atom. The van der Waals surface area contributed by atoms with Gasteiger partial charge in [-0.05, 0) is 38.5 Å². The molecule has 1 aliphatic carbocycles. The molecule has 1 saturated heterocycles. The van der Waals surface area contributed by atoms with Crippen molar-refractivity contribution < 1.29 is 27.4 Å². The second-order valence-electron chi connectivity index (χ2n) is 6.16. The highest BCUT2D eigenvalue weighted by molar-refractivity contribution is 7.90. The maximum atomic E-state index is 12.2. The van der Waals surface area contributed by atoms with Crippen molar-refractivity contribution in [2.75, 3.05) is 33.5 Å². The predicted octanol–water partition coefficient (Wildman–Crippen LogP) is 0.833. The maximum absolute atomic E-state index is 12.2. The number of rotatable bonds is 9. The van der Waals surface area contributed by atoms with Crippen molar-refractivity contribution in [3.63, 3.8) is 0 Å². The van der Waals surface area contributed by atoms with Gasteiger partial charge in [0.25, 0.3) is 0 Å². The fourth-order valence-corrected chi connectivity index (χ4v) is 4.70. The van der Waals surface area contributed by atoms with E-state index in [-0.39, 0.29) is 18.0 Å². The van der Waals surface area contributed by atoms with Crippen LogP contribution in [0.1, 0.15) is 38.5 Å². The molecule has 0 bridgehead atoms. The van der Waals surface area contributed by atoms with Crippen molar-refractivity contribution in [1.82, 2.24) is 4.72 Å². The summed E-state index contributed by atoms with van der Waals surface area (Å²) in [6.07, 6.45) is 4.36.